The highest BCUT2D eigenvalue weighted by molar-refractivity contribution is 7.90. The van der Waals surface area contributed by atoms with Gasteiger partial charge in [0.2, 0.25) is 0 Å². The molecule has 0 atom stereocenters. The summed E-state index contributed by atoms with van der Waals surface area (Å²) in [5.41, 5.74) is 5.70. The average Bonchev–Trinajstić information content (AvgIpc) is 2.36. The zero-order valence-corrected chi connectivity index (χ0v) is 10.9. The van der Waals surface area contributed by atoms with E-state index in [2.05, 4.69) is 0 Å². The largest absolute Gasteiger partial charge is 0.398 e. The smallest absolute Gasteiger partial charge is 0.182 e. The second-order valence-corrected chi connectivity index (χ2v) is 6.17. The van der Waals surface area contributed by atoms with Crippen molar-refractivity contribution in [1.82, 2.24) is 0 Å². The van der Waals surface area contributed by atoms with Gasteiger partial charge in [0.1, 0.15) is 5.82 Å². The van der Waals surface area contributed by atoms with Crippen LogP contribution in [0, 0.1) is 17.5 Å². The third-order valence-corrected chi connectivity index (χ3v) is 4.37. The van der Waals surface area contributed by atoms with Crippen LogP contribution in [0.4, 0.5) is 18.9 Å². The van der Waals surface area contributed by atoms with Gasteiger partial charge >= 0.3 is 0 Å². The Hall–Kier alpha value is -2.02. The van der Waals surface area contributed by atoms with E-state index in [-0.39, 0.29) is 16.1 Å². The molecule has 0 bridgehead atoms. The molecule has 0 aliphatic rings. The normalized spacial score (nSPS) is 11.6. The fourth-order valence-corrected chi connectivity index (χ4v) is 3.05. The lowest BCUT2D eigenvalue weighted by Gasteiger charge is -2.08. The van der Waals surface area contributed by atoms with Gasteiger partial charge in [-0.15, -0.1) is 0 Å². The van der Waals surface area contributed by atoms with Crippen LogP contribution in [0.3, 0.4) is 0 Å². The Morgan fingerprint density at radius 1 is 0.950 bits per heavy atom. The zero-order chi connectivity index (χ0) is 14.9. The van der Waals surface area contributed by atoms with Gasteiger partial charge in [-0.05, 0) is 35.9 Å². The zero-order valence-electron chi connectivity index (χ0n) is 10.1. The highest BCUT2D eigenvalue weighted by Gasteiger charge is 2.19. The fourth-order valence-electron chi connectivity index (χ4n) is 1.66. The van der Waals surface area contributed by atoms with Gasteiger partial charge in [0.05, 0.1) is 10.6 Å². The summed E-state index contributed by atoms with van der Waals surface area (Å²) >= 11 is 0. The van der Waals surface area contributed by atoms with Gasteiger partial charge in [0, 0.05) is 5.69 Å². The Morgan fingerprint density at radius 3 is 2.25 bits per heavy atom. The Kier molecular flexibility index (Phi) is 3.71. The third kappa shape index (κ3) is 2.93. The lowest BCUT2D eigenvalue weighted by Crippen LogP contribution is -2.08. The van der Waals surface area contributed by atoms with Crippen LogP contribution < -0.4 is 5.73 Å². The summed E-state index contributed by atoms with van der Waals surface area (Å²) in [6.07, 6.45) is 0. The van der Waals surface area contributed by atoms with Crippen molar-refractivity contribution in [3.8, 4) is 0 Å². The van der Waals surface area contributed by atoms with Crippen molar-refractivity contribution in [1.29, 1.82) is 0 Å². The molecule has 0 heterocycles. The van der Waals surface area contributed by atoms with Gasteiger partial charge in [-0.2, -0.15) is 0 Å². The van der Waals surface area contributed by atoms with Gasteiger partial charge in [0.25, 0.3) is 0 Å². The van der Waals surface area contributed by atoms with E-state index in [9.17, 15) is 21.6 Å². The van der Waals surface area contributed by atoms with E-state index in [4.69, 9.17) is 5.73 Å². The van der Waals surface area contributed by atoms with Crippen molar-refractivity contribution < 1.29 is 21.6 Å². The molecule has 2 rings (SSSR count). The number of nitrogen functional groups attached to an aromatic ring is 1. The van der Waals surface area contributed by atoms with Crippen molar-refractivity contribution in [2.24, 2.45) is 0 Å². The molecule has 0 amide bonds. The molecule has 0 aromatic heterocycles. The van der Waals surface area contributed by atoms with E-state index in [0.717, 1.165) is 24.3 Å². The molecule has 2 N–H and O–H groups in total. The molecule has 0 saturated heterocycles. The monoisotopic (exact) mass is 301 g/mol. The van der Waals surface area contributed by atoms with E-state index in [1.165, 1.54) is 6.07 Å². The number of nitrogens with two attached hydrogens (primary N) is 1. The minimum atomic E-state index is -3.90. The van der Waals surface area contributed by atoms with Gasteiger partial charge in [0.15, 0.2) is 21.5 Å². The molecule has 20 heavy (non-hydrogen) atoms. The van der Waals surface area contributed by atoms with Gasteiger partial charge in [-0.25, -0.2) is 21.6 Å². The summed E-state index contributed by atoms with van der Waals surface area (Å²) in [7, 11) is -3.90. The molecule has 7 heteroatoms. The Bertz CT molecular complexity index is 760. The number of anilines is 1. The van der Waals surface area contributed by atoms with Crippen LogP contribution in [0.5, 0.6) is 0 Å². The van der Waals surface area contributed by atoms with Crippen LogP contribution in [-0.4, -0.2) is 8.42 Å². The van der Waals surface area contributed by atoms with Crippen molar-refractivity contribution >= 4 is 15.5 Å². The van der Waals surface area contributed by atoms with Crippen LogP contribution in [-0.2, 0) is 15.6 Å². The predicted octanol–water partition coefficient (Wildman–Crippen LogP) is 2.66. The van der Waals surface area contributed by atoms with Crippen molar-refractivity contribution in [3.05, 3.63) is 59.4 Å². The van der Waals surface area contributed by atoms with Crippen LogP contribution in [0.25, 0.3) is 0 Å². The van der Waals surface area contributed by atoms with E-state index in [0.29, 0.717) is 6.07 Å². The molecular formula is C13H10F3NO2S. The topological polar surface area (TPSA) is 60.2 Å². The van der Waals surface area contributed by atoms with E-state index in [1.807, 2.05) is 0 Å². The van der Waals surface area contributed by atoms with Crippen molar-refractivity contribution in [3.63, 3.8) is 0 Å². The lowest BCUT2D eigenvalue weighted by molar-refractivity contribution is 0.504. The first kappa shape index (κ1) is 14.4. The summed E-state index contributed by atoms with van der Waals surface area (Å²) < 4.78 is 62.9. The fraction of sp³-hybridized carbons (Fsp3) is 0.0769. The standard InChI is InChI=1S/C13H10F3NO2S/c14-9-2-1-8(13(17)5-9)7-20(18,19)10-3-4-11(15)12(16)6-10/h1-6H,7,17H2. The van der Waals surface area contributed by atoms with E-state index in [1.54, 1.807) is 0 Å². The number of rotatable bonds is 3. The number of benzene rings is 2. The van der Waals surface area contributed by atoms with E-state index >= 15 is 0 Å². The molecule has 0 aliphatic heterocycles. The van der Waals surface area contributed by atoms with Crippen LogP contribution in [0.1, 0.15) is 5.56 Å². The SMILES string of the molecule is Nc1cc(F)ccc1CS(=O)(=O)c1ccc(F)c(F)c1. The predicted molar refractivity (Wildman–Crippen MR) is 68.1 cm³/mol. The van der Waals surface area contributed by atoms with Gasteiger partial charge in [-0.1, -0.05) is 6.07 Å². The second kappa shape index (κ2) is 5.16. The highest BCUT2D eigenvalue weighted by atomic mass is 32.2. The maximum Gasteiger partial charge on any atom is 0.182 e. The molecule has 0 spiro atoms. The van der Waals surface area contributed by atoms with Crippen molar-refractivity contribution in [2.45, 2.75) is 10.6 Å². The summed E-state index contributed by atoms with van der Waals surface area (Å²) in [4.78, 5) is -0.361. The summed E-state index contributed by atoms with van der Waals surface area (Å²) in [6, 6.07) is 5.61. The molecule has 0 radical (unpaired) electrons. The molecule has 3 nitrogen and oxygen atoms in total. The molecule has 0 aliphatic carbocycles. The minimum absolute atomic E-state index is 0.0174. The molecule has 2 aromatic carbocycles. The van der Waals surface area contributed by atoms with Crippen molar-refractivity contribution in [2.75, 3.05) is 5.73 Å². The highest BCUT2D eigenvalue weighted by Crippen LogP contribution is 2.22. The summed E-state index contributed by atoms with van der Waals surface area (Å²) in [5.74, 6) is -3.50. The first-order valence-corrected chi connectivity index (χ1v) is 7.16. The summed E-state index contributed by atoms with van der Waals surface area (Å²) in [6.45, 7) is 0. The van der Waals surface area contributed by atoms with Gasteiger partial charge < -0.3 is 5.73 Å². The van der Waals surface area contributed by atoms with Gasteiger partial charge in [-0.3, -0.25) is 0 Å². The van der Waals surface area contributed by atoms with Crippen LogP contribution in [0.2, 0.25) is 0 Å². The lowest BCUT2D eigenvalue weighted by atomic mass is 10.2. The average molecular weight is 301 g/mol. The quantitative estimate of drug-likeness (QED) is 0.700. The molecular weight excluding hydrogens is 291 g/mol. The second-order valence-electron chi connectivity index (χ2n) is 4.18. The first-order chi connectivity index (χ1) is 9.29. The first-order valence-electron chi connectivity index (χ1n) is 5.51. The minimum Gasteiger partial charge on any atom is -0.398 e. The maximum absolute atomic E-state index is 13.1. The Labute approximate surface area is 113 Å². The summed E-state index contributed by atoms with van der Waals surface area (Å²) in [5, 5.41) is 0. The number of hydrogen-bond acceptors (Lipinski definition) is 3. The van der Waals surface area contributed by atoms with Crippen LogP contribution in [0.15, 0.2) is 41.3 Å². The molecule has 0 saturated carbocycles. The Balaban J connectivity index is 2.38. The number of halogens is 3. The third-order valence-electron chi connectivity index (χ3n) is 2.70. The van der Waals surface area contributed by atoms with Crippen LogP contribution >= 0.6 is 0 Å². The number of hydrogen-bond donors (Lipinski definition) is 1. The molecule has 106 valence electrons. The number of sulfone groups is 1. The maximum atomic E-state index is 13.1. The van der Waals surface area contributed by atoms with E-state index < -0.39 is 33.0 Å². The molecule has 2 aromatic rings. The Morgan fingerprint density at radius 2 is 1.65 bits per heavy atom. The molecule has 0 fully saturated rings. The molecule has 0 unspecified atom stereocenters.